The number of alkyl halides is 3. The lowest BCUT2D eigenvalue weighted by molar-refractivity contribution is -0.211. The quantitative estimate of drug-likeness (QED) is 0.571. The maximum Gasteiger partial charge on any atom is 0.469 e. The minimum atomic E-state index is -4.95. The molecular weight excluding hydrogens is 204 g/mol. The molecule has 74 valence electrons. The third kappa shape index (κ3) is 5.50. The van der Waals surface area contributed by atoms with Crippen LogP contribution in [0.25, 0.3) is 0 Å². The molecule has 0 aliphatic rings. The van der Waals surface area contributed by atoms with Crippen LogP contribution in [0, 0.1) is 0 Å². The summed E-state index contributed by atoms with van der Waals surface area (Å²) in [7, 11) is -4.95. The van der Waals surface area contributed by atoms with E-state index in [1.165, 1.54) is 0 Å². The lowest BCUT2D eigenvalue weighted by Crippen LogP contribution is -2.32. The first-order chi connectivity index (χ1) is 5.13. The minimum absolute atomic E-state index is 1.48. The standard InChI is InChI=1S/C3H6F3O5P/c4-3(5,6)2(7)1-11-12(8,9)10/h2,7H,1H2,(H2,8,9,10). The highest BCUT2D eigenvalue weighted by Crippen LogP contribution is 2.36. The van der Waals surface area contributed by atoms with Crippen LogP contribution in [0.15, 0.2) is 0 Å². The van der Waals surface area contributed by atoms with Gasteiger partial charge in [0, 0.05) is 0 Å². The monoisotopic (exact) mass is 210 g/mol. The number of hydrogen-bond acceptors (Lipinski definition) is 3. The van der Waals surface area contributed by atoms with Gasteiger partial charge in [0.2, 0.25) is 0 Å². The molecule has 0 saturated carbocycles. The Hall–Kier alpha value is -0.140. The Balaban J connectivity index is 3.89. The van der Waals surface area contributed by atoms with Crippen molar-refractivity contribution >= 4 is 7.82 Å². The zero-order valence-corrected chi connectivity index (χ0v) is 6.42. The Morgan fingerprint density at radius 1 is 1.42 bits per heavy atom. The molecule has 5 nitrogen and oxygen atoms in total. The van der Waals surface area contributed by atoms with Gasteiger partial charge in [0.05, 0.1) is 6.61 Å². The van der Waals surface area contributed by atoms with Gasteiger partial charge in [-0.1, -0.05) is 0 Å². The van der Waals surface area contributed by atoms with Crippen molar-refractivity contribution < 1.29 is 37.2 Å². The molecule has 0 radical (unpaired) electrons. The van der Waals surface area contributed by atoms with Gasteiger partial charge in [-0.2, -0.15) is 13.2 Å². The smallest absolute Gasteiger partial charge is 0.382 e. The molecule has 0 amide bonds. The third-order valence-electron chi connectivity index (χ3n) is 0.778. The minimum Gasteiger partial charge on any atom is -0.382 e. The predicted molar refractivity (Wildman–Crippen MR) is 30.1 cm³/mol. The van der Waals surface area contributed by atoms with Gasteiger partial charge in [0.25, 0.3) is 0 Å². The fraction of sp³-hybridized carbons (Fsp3) is 1.00. The van der Waals surface area contributed by atoms with Crippen molar-refractivity contribution in [2.75, 3.05) is 6.61 Å². The van der Waals surface area contributed by atoms with Crippen molar-refractivity contribution in [3.8, 4) is 0 Å². The molecule has 0 saturated heterocycles. The number of halogens is 3. The number of phosphoric acid groups is 1. The topological polar surface area (TPSA) is 87.0 Å². The first-order valence-electron chi connectivity index (χ1n) is 2.58. The molecule has 0 rings (SSSR count). The Morgan fingerprint density at radius 3 is 2.08 bits per heavy atom. The highest BCUT2D eigenvalue weighted by molar-refractivity contribution is 7.46. The average molecular weight is 210 g/mol. The van der Waals surface area contributed by atoms with Crippen LogP contribution in [0.2, 0.25) is 0 Å². The molecule has 9 heteroatoms. The lowest BCUT2D eigenvalue weighted by atomic mass is 10.4. The van der Waals surface area contributed by atoms with Crippen LogP contribution in [-0.2, 0) is 9.09 Å². The summed E-state index contributed by atoms with van der Waals surface area (Å²) in [5.74, 6) is 0. The fourth-order valence-electron chi connectivity index (χ4n) is 0.262. The molecule has 0 fully saturated rings. The lowest BCUT2D eigenvalue weighted by Gasteiger charge is -2.14. The number of hydrogen-bond donors (Lipinski definition) is 3. The van der Waals surface area contributed by atoms with E-state index in [1.807, 2.05) is 0 Å². The summed E-state index contributed by atoms with van der Waals surface area (Å²) in [4.78, 5) is 15.9. The van der Waals surface area contributed by atoms with E-state index in [-0.39, 0.29) is 0 Å². The van der Waals surface area contributed by atoms with E-state index in [1.54, 1.807) is 0 Å². The van der Waals surface area contributed by atoms with E-state index in [4.69, 9.17) is 14.9 Å². The number of aliphatic hydroxyl groups is 1. The van der Waals surface area contributed by atoms with E-state index in [0.717, 1.165) is 0 Å². The van der Waals surface area contributed by atoms with Crippen molar-refractivity contribution in [1.29, 1.82) is 0 Å². The van der Waals surface area contributed by atoms with Crippen molar-refractivity contribution in [3.63, 3.8) is 0 Å². The molecule has 0 bridgehead atoms. The third-order valence-corrected chi connectivity index (χ3v) is 1.26. The fourth-order valence-corrected chi connectivity index (χ4v) is 0.598. The van der Waals surface area contributed by atoms with Crippen LogP contribution in [-0.4, -0.2) is 33.8 Å². The molecular formula is C3H6F3O5P. The average Bonchev–Trinajstić information content (AvgIpc) is 1.78. The maximum atomic E-state index is 11.4. The van der Waals surface area contributed by atoms with Crippen LogP contribution in [0.5, 0.6) is 0 Å². The van der Waals surface area contributed by atoms with Gasteiger partial charge < -0.3 is 14.9 Å². The van der Waals surface area contributed by atoms with Gasteiger partial charge in [-0.05, 0) is 0 Å². The highest BCUT2D eigenvalue weighted by Gasteiger charge is 2.39. The van der Waals surface area contributed by atoms with Crippen LogP contribution < -0.4 is 0 Å². The molecule has 0 aromatic heterocycles. The molecule has 3 N–H and O–H groups in total. The van der Waals surface area contributed by atoms with E-state index < -0.39 is 26.7 Å². The molecule has 0 aliphatic heterocycles. The predicted octanol–water partition coefficient (Wildman–Crippen LogP) is 0.0189. The molecule has 0 heterocycles. The maximum absolute atomic E-state index is 11.4. The van der Waals surface area contributed by atoms with E-state index in [0.29, 0.717) is 0 Å². The Kier molecular flexibility index (Phi) is 3.67. The highest BCUT2D eigenvalue weighted by atomic mass is 31.2. The second-order valence-corrected chi connectivity index (χ2v) is 3.08. The zero-order valence-electron chi connectivity index (χ0n) is 5.52. The van der Waals surface area contributed by atoms with Gasteiger partial charge in [-0.3, -0.25) is 4.52 Å². The van der Waals surface area contributed by atoms with Crippen molar-refractivity contribution in [2.45, 2.75) is 12.3 Å². The summed E-state index contributed by atoms with van der Waals surface area (Å²) in [6.07, 6.45) is -7.82. The molecule has 0 aromatic carbocycles. The van der Waals surface area contributed by atoms with Gasteiger partial charge in [0.15, 0.2) is 6.10 Å². The number of aliphatic hydroxyl groups excluding tert-OH is 1. The summed E-state index contributed by atoms with van der Waals surface area (Å²) in [6, 6.07) is 0. The SMILES string of the molecule is O=P(O)(O)OCC(O)C(F)(F)F. The van der Waals surface area contributed by atoms with Gasteiger partial charge in [-0.25, -0.2) is 4.57 Å². The first kappa shape index (κ1) is 11.9. The Labute approximate surface area is 65.0 Å². The molecule has 0 spiro atoms. The Morgan fingerprint density at radius 2 is 1.83 bits per heavy atom. The van der Waals surface area contributed by atoms with Gasteiger partial charge in [0.1, 0.15) is 0 Å². The largest absolute Gasteiger partial charge is 0.469 e. The van der Waals surface area contributed by atoms with Gasteiger partial charge >= 0.3 is 14.0 Å². The van der Waals surface area contributed by atoms with E-state index in [2.05, 4.69) is 4.52 Å². The van der Waals surface area contributed by atoms with Crippen LogP contribution in [0.1, 0.15) is 0 Å². The summed E-state index contributed by atoms with van der Waals surface area (Å²) in [5, 5.41) is 8.16. The van der Waals surface area contributed by atoms with Gasteiger partial charge in [-0.15, -0.1) is 0 Å². The number of rotatable bonds is 3. The summed E-state index contributed by atoms with van der Waals surface area (Å²) in [6.45, 7) is -1.48. The normalized spacial score (nSPS) is 16.2. The van der Waals surface area contributed by atoms with Crippen LogP contribution >= 0.6 is 7.82 Å². The van der Waals surface area contributed by atoms with E-state index >= 15 is 0 Å². The zero-order chi connectivity index (χ0) is 9.99. The van der Waals surface area contributed by atoms with Crippen molar-refractivity contribution in [1.82, 2.24) is 0 Å². The molecule has 1 atom stereocenters. The van der Waals surface area contributed by atoms with Crippen LogP contribution in [0.4, 0.5) is 13.2 Å². The molecule has 1 unspecified atom stereocenters. The van der Waals surface area contributed by atoms with Crippen molar-refractivity contribution in [3.05, 3.63) is 0 Å². The van der Waals surface area contributed by atoms with Crippen molar-refractivity contribution in [2.24, 2.45) is 0 Å². The second-order valence-electron chi connectivity index (χ2n) is 1.84. The van der Waals surface area contributed by atoms with Crippen LogP contribution in [0.3, 0.4) is 0 Å². The summed E-state index contributed by atoms with van der Waals surface area (Å²) >= 11 is 0. The first-order valence-corrected chi connectivity index (χ1v) is 4.11. The second kappa shape index (κ2) is 3.71. The molecule has 0 aliphatic carbocycles. The van der Waals surface area contributed by atoms with E-state index in [9.17, 15) is 17.7 Å². The number of phosphoric ester groups is 1. The molecule has 0 aromatic rings. The molecule has 12 heavy (non-hydrogen) atoms. The summed E-state index contributed by atoms with van der Waals surface area (Å²) in [5.41, 5.74) is 0. The summed E-state index contributed by atoms with van der Waals surface area (Å²) < 4.78 is 47.6. The Bertz CT molecular complexity index is 185.